The molecule has 0 N–H and O–H groups in total. The molecule has 0 aliphatic carbocycles. The molecule has 3 aromatic rings. The first-order valence-corrected chi connectivity index (χ1v) is 9.25. The lowest BCUT2D eigenvalue weighted by molar-refractivity contribution is 0.391. The molecule has 1 aliphatic heterocycles. The van der Waals surface area contributed by atoms with Gasteiger partial charge in [-0.05, 0) is 30.3 Å². The molecule has 2 aromatic carbocycles. The lowest BCUT2D eigenvalue weighted by atomic mass is 10.0. The Morgan fingerprint density at radius 1 is 1.04 bits per heavy atom. The van der Waals surface area contributed by atoms with Gasteiger partial charge in [0.25, 0.3) is 0 Å². The third-order valence-electron chi connectivity index (χ3n) is 4.36. The molecule has 132 valence electrons. The summed E-state index contributed by atoms with van der Waals surface area (Å²) in [5.41, 5.74) is 3.03. The topological polar surface area (TPSA) is 44.0 Å². The van der Waals surface area contributed by atoms with Crippen LogP contribution in [0, 0.1) is 0 Å². The number of para-hydroxylation sites is 1. The highest BCUT2D eigenvalue weighted by Crippen LogP contribution is 2.48. The smallest absolute Gasteiger partial charge is 0.148 e. The standard InChI is InChI=1S/C21H19NO3S/c1-23-14-9-10-15(19(12-14)24-2)21-13-17(18-7-5-11-25-18)22-16-6-3-4-8-20(16)26-21/h3-12,21H,13H2,1-2H3/t21-/m1/s1. The highest BCUT2D eigenvalue weighted by Gasteiger charge is 2.26. The molecule has 0 fully saturated rings. The third-order valence-corrected chi connectivity index (χ3v) is 5.67. The van der Waals surface area contributed by atoms with Gasteiger partial charge in [-0.3, -0.25) is 0 Å². The predicted molar refractivity (Wildman–Crippen MR) is 104 cm³/mol. The summed E-state index contributed by atoms with van der Waals surface area (Å²) >= 11 is 1.80. The second-order valence-corrected chi connectivity index (χ2v) is 7.17. The average molecular weight is 365 g/mol. The van der Waals surface area contributed by atoms with Crippen LogP contribution >= 0.6 is 11.8 Å². The Hall–Kier alpha value is -2.66. The van der Waals surface area contributed by atoms with E-state index in [0.29, 0.717) is 0 Å². The molecule has 0 spiro atoms. The summed E-state index contributed by atoms with van der Waals surface area (Å²) in [6.45, 7) is 0. The Morgan fingerprint density at radius 2 is 1.92 bits per heavy atom. The van der Waals surface area contributed by atoms with Crippen molar-refractivity contribution in [3.8, 4) is 11.5 Å². The zero-order valence-electron chi connectivity index (χ0n) is 14.6. The van der Waals surface area contributed by atoms with Crippen molar-refractivity contribution in [1.82, 2.24) is 0 Å². The van der Waals surface area contributed by atoms with Gasteiger partial charge in [-0.25, -0.2) is 4.99 Å². The lowest BCUT2D eigenvalue weighted by Gasteiger charge is -2.19. The van der Waals surface area contributed by atoms with Crippen LogP contribution in [0.4, 0.5) is 5.69 Å². The van der Waals surface area contributed by atoms with E-state index in [1.54, 1.807) is 32.2 Å². The second kappa shape index (κ2) is 7.30. The van der Waals surface area contributed by atoms with Crippen LogP contribution in [0.1, 0.15) is 23.0 Å². The van der Waals surface area contributed by atoms with Gasteiger partial charge in [-0.1, -0.05) is 18.2 Å². The number of aliphatic imine (C=N–C) groups is 1. The average Bonchev–Trinajstić information content (AvgIpc) is 3.15. The molecule has 4 rings (SSSR count). The fourth-order valence-corrected chi connectivity index (χ4v) is 4.33. The first kappa shape index (κ1) is 16.8. The van der Waals surface area contributed by atoms with Crippen molar-refractivity contribution in [2.45, 2.75) is 16.6 Å². The number of ether oxygens (including phenoxy) is 2. The maximum atomic E-state index is 5.64. The van der Waals surface area contributed by atoms with Gasteiger partial charge in [0.1, 0.15) is 17.3 Å². The number of thioether (sulfide) groups is 1. The van der Waals surface area contributed by atoms with Crippen molar-refractivity contribution in [2.24, 2.45) is 4.99 Å². The number of nitrogens with zero attached hydrogens (tertiary/aromatic N) is 1. The zero-order chi connectivity index (χ0) is 17.9. The summed E-state index contributed by atoms with van der Waals surface area (Å²) < 4.78 is 16.6. The van der Waals surface area contributed by atoms with Crippen molar-refractivity contribution in [3.63, 3.8) is 0 Å². The normalized spacial score (nSPS) is 16.4. The minimum absolute atomic E-state index is 0.156. The van der Waals surface area contributed by atoms with Crippen LogP contribution in [0.2, 0.25) is 0 Å². The summed E-state index contributed by atoms with van der Waals surface area (Å²) in [5.74, 6) is 2.41. The number of hydrogen-bond acceptors (Lipinski definition) is 5. The molecule has 5 heteroatoms. The maximum absolute atomic E-state index is 5.64. The molecule has 26 heavy (non-hydrogen) atoms. The van der Waals surface area contributed by atoms with Gasteiger partial charge in [0.15, 0.2) is 0 Å². The van der Waals surface area contributed by atoms with Crippen molar-refractivity contribution >= 4 is 23.2 Å². The molecule has 0 unspecified atom stereocenters. The monoisotopic (exact) mass is 365 g/mol. The Balaban J connectivity index is 1.80. The summed E-state index contributed by atoms with van der Waals surface area (Å²) in [4.78, 5) is 6.03. The van der Waals surface area contributed by atoms with E-state index in [1.807, 2.05) is 42.5 Å². The van der Waals surface area contributed by atoms with Crippen LogP contribution in [0.3, 0.4) is 0 Å². The van der Waals surface area contributed by atoms with Crippen molar-refractivity contribution < 1.29 is 13.9 Å². The van der Waals surface area contributed by atoms with Gasteiger partial charge in [-0.2, -0.15) is 0 Å². The first-order chi connectivity index (χ1) is 12.8. The number of methoxy groups -OCH3 is 2. The van der Waals surface area contributed by atoms with E-state index in [2.05, 4.69) is 12.1 Å². The number of hydrogen-bond donors (Lipinski definition) is 0. The van der Waals surface area contributed by atoms with Crippen LogP contribution in [-0.2, 0) is 0 Å². The molecular formula is C21H19NO3S. The van der Waals surface area contributed by atoms with Gasteiger partial charge in [0, 0.05) is 28.2 Å². The summed E-state index contributed by atoms with van der Waals surface area (Å²) in [7, 11) is 3.35. The molecule has 0 amide bonds. The SMILES string of the molecule is COc1ccc([C@H]2CC(c3ccco3)=Nc3ccccc3S2)c(OC)c1. The van der Waals surface area contributed by atoms with Crippen molar-refractivity contribution in [1.29, 1.82) is 0 Å². The highest BCUT2D eigenvalue weighted by atomic mass is 32.2. The molecule has 0 saturated carbocycles. The van der Waals surface area contributed by atoms with Crippen LogP contribution in [0.25, 0.3) is 0 Å². The van der Waals surface area contributed by atoms with E-state index in [1.165, 1.54) is 0 Å². The van der Waals surface area contributed by atoms with Crippen molar-refractivity contribution in [2.75, 3.05) is 14.2 Å². The van der Waals surface area contributed by atoms with E-state index in [0.717, 1.165) is 45.5 Å². The molecule has 1 atom stereocenters. The minimum Gasteiger partial charge on any atom is -0.497 e. The Labute approximate surface area is 156 Å². The third kappa shape index (κ3) is 3.22. The van der Waals surface area contributed by atoms with Gasteiger partial charge in [0.2, 0.25) is 0 Å². The first-order valence-electron chi connectivity index (χ1n) is 8.37. The Bertz CT molecular complexity index is 934. The molecule has 1 aliphatic rings. The van der Waals surface area contributed by atoms with Crippen LogP contribution < -0.4 is 9.47 Å². The van der Waals surface area contributed by atoms with Gasteiger partial charge < -0.3 is 13.9 Å². The van der Waals surface area contributed by atoms with Crippen LogP contribution in [-0.4, -0.2) is 19.9 Å². The van der Waals surface area contributed by atoms with Crippen molar-refractivity contribution in [3.05, 3.63) is 72.2 Å². The number of fused-ring (bicyclic) bond motifs is 1. The lowest BCUT2D eigenvalue weighted by Crippen LogP contribution is -2.06. The largest absolute Gasteiger partial charge is 0.497 e. The van der Waals surface area contributed by atoms with E-state index in [4.69, 9.17) is 18.9 Å². The van der Waals surface area contributed by atoms with E-state index in [9.17, 15) is 0 Å². The van der Waals surface area contributed by atoms with E-state index in [-0.39, 0.29) is 5.25 Å². The van der Waals surface area contributed by atoms with Gasteiger partial charge >= 0.3 is 0 Å². The summed E-state index contributed by atoms with van der Waals surface area (Å²) in [5, 5.41) is 0.156. The molecule has 4 nitrogen and oxygen atoms in total. The Morgan fingerprint density at radius 3 is 2.69 bits per heavy atom. The number of furan rings is 1. The number of rotatable bonds is 4. The Kier molecular flexibility index (Phi) is 4.71. The van der Waals surface area contributed by atoms with Gasteiger partial charge in [-0.15, -0.1) is 11.8 Å². The predicted octanol–water partition coefficient (Wildman–Crippen LogP) is 5.65. The van der Waals surface area contributed by atoms with E-state index < -0.39 is 0 Å². The minimum atomic E-state index is 0.156. The molecule has 0 radical (unpaired) electrons. The fraction of sp³-hybridized carbons (Fsp3) is 0.190. The molecule has 0 bridgehead atoms. The fourth-order valence-electron chi connectivity index (χ4n) is 3.07. The van der Waals surface area contributed by atoms with Gasteiger partial charge in [0.05, 0.1) is 31.9 Å². The summed E-state index contributed by atoms with van der Waals surface area (Å²) in [6.07, 6.45) is 2.43. The van der Waals surface area contributed by atoms with E-state index >= 15 is 0 Å². The quantitative estimate of drug-likeness (QED) is 0.599. The molecule has 0 saturated heterocycles. The highest BCUT2D eigenvalue weighted by molar-refractivity contribution is 7.99. The zero-order valence-corrected chi connectivity index (χ0v) is 15.5. The molecule has 1 aromatic heterocycles. The second-order valence-electron chi connectivity index (χ2n) is 5.92. The molecular weight excluding hydrogens is 346 g/mol. The molecule has 2 heterocycles. The summed E-state index contributed by atoms with van der Waals surface area (Å²) in [6, 6.07) is 18.0. The maximum Gasteiger partial charge on any atom is 0.148 e. The van der Waals surface area contributed by atoms with Crippen LogP contribution in [0.15, 0.2) is 75.2 Å². The number of benzene rings is 2. The van der Waals surface area contributed by atoms with Crippen LogP contribution in [0.5, 0.6) is 11.5 Å².